The summed E-state index contributed by atoms with van der Waals surface area (Å²) < 4.78 is 27.2. The Balaban J connectivity index is 2.23. The molecule has 1 atom stereocenters. The summed E-state index contributed by atoms with van der Waals surface area (Å²) in [6.45, 7) is 5.61. The third-order valence-corrected chi connectivity index (χ3v) is 6.16. The Hall–Kier alpha value is -1.14. The lowest BCUT2D eigenvalue weighted by Crippen LogP contribution is -2.33. The Kier molecular flexibility index (Phi) is 5.22. The molecule has 1 saturated heterocycles. The second-order valence-corrected chi connectivity index (χ2v) is 7.80. The van der Waals surface area contributed by atoms with Crippen LogP contribution in [0.15, 0.2) is 23.4 Å². The fourth-order valence-electron chi connectivity index (χ4n) is 2.91. The van der Waals surface area contributed by atoms with Gasteiger partial charge in [0.2, 0.25) is 0 Å². The molecule has 0 spiro atoms. The van der Waals surface area contributed by atoms with Gasteiger partial charge in [-0.05, 0) is 43.2 Å². The fraction of sp³-hybridized carbons (Fsp3) is 0.667. The zero-order valence-corrected chi connectivity index (χ0v) is 13.9. The van der Waals surface area contributed by atoms with Crippen molar-refractivity contribution in [1.82, 2.24) is 9.29 Å². The van der Waals surface area contributed by atoms with E-state index < -0.39 is 10.0 Å². The summed E-state index contributed by atoms with van der Waals surface area (Å²) in [5.74, 6) is 1.22. The first-order valence-corrected chi connectivity index (χ1v) is 9.03. The third-order valence-electron chi connectivity index (χ3n) is 4.30. The van der Waals surface area contributed by atoms with E-state index in [-0.39, 0.29) is 5.03 Å². The van der Waals surface area contributed by atoms with Crippen molar-refractivity contribution in [3.8, 4) is 0 Å². The highest BCUT2D eigenvalue weighted by atomic mass is 32.2. The Labute approximate surface area is 127 Å². The summed E-state index contributed by atoms with van der Waals surface area (Å²) in [4.78, 5) is 4.09. The van der Waals surface area contributed by atoms with Crippen molar-refractivity contribution in [3.05, 3.63) is 18.3 Å². The van der Waals surface area contributed by atoms with E-state index in [4.69, 9.17) is 0 Å². The van der Waals surface area contributed by atoms with Gasteiger partial charge in [0.15, 0.2) is 5.03 Å². The molecule has 0 aliphatic carbocycles. The zero-order chi connectivity index (χ0) is 15.5. The zero-order valence-electron chi connectivity index (χ0n) is 13.0. The van der Waals surface area contributed by atoms with Gasteiger partial charge in [-0.25, -0.2) is 13.4 Å². The van der Waals surface area contributed by atoms with Gasteiger partial charge in [0.1, 0.15) is 0 Å². The van der Waals surface area contributed by atoms with Crippen LogP contribution in [0.25, 0.3) is 0 Å². The van der Waals surface area contributed by atoms with Gasteiger partial charge < -0.3 is 5.32 Å². The molecule has 1 fully saturated rings. The van der Waals surface area contributed by atoms with Crippen LogP contribution in [0.4, 0.5) is 5.69 Å². The summed E-state index contributed by atoms with van der Waals surface area (Å²) in [6.07, 6.45) is 4.48. The molecule has 21 heavy (non-hydrogen) atoms. The molecule has 1 N–H and O–H groups in total. The van der Waals surface area contributed by atoms with E-state index >= 15 is 0 Å². The van der Waals surface area contributed by atoms with Gasteiger partial charge in [-0.3, -0.25) is 0 Å². The van der Waals surface area contributed by atoms with Crippen LogP contribution < -0.4 is 5.32 Å². The SMILES string of the molecule is CNc1cccnc1S(=O)(=O)N1CCCC(C(C)C)CC1. The predicted molar refractivity (Wildman–Crippen MR) is 84.7 cm³/mol. The smallest absolute Gasteiger partial charge is 0.262 e. The first kappa shape index (κ1) is 16.2. The van der Waals surface area contributed by atoms with Gasteiger partial charge >= 0.3 is 0 Å². The summed E-state index contributed by atoms with van der Waals surface area (Å²) in [5.41, 5.74) is 0.558. The lowest BCUT2D eigenvalue weighted by Gasteiger charge is -2.21. The Morgan fingerprint density at radius 3 is 2.76 bits per heavy atom. The average Bonchev–Trinajstić information content (AvgIpc) is 2.73. The standard InChI is InChI=1S/C15H25N3O2S/c1-12(2)13-6-5-10-18(11-8-13)21(19,20)15-14(16-3)7-4-9-17-15/h4,7,9,12-13,16H,5-6,8,10-11H2,1-3H3. The molecule has 1 aromatic rings. The topological polar surface area (TPSA) is 62.3 Å². The maximum absolute atomic E-state index is 12.8. The van der Waals surface area contributed by atoms with Crippen molar-refractivity contribution in [2.24, 2.45) is 11.8 Å². The summed E-state index contributed by atoms with van der Waals surface area (Å²) in [6, 6.07) is 3.48. The predicted octanol–water partition coefficient (Wildman–Crippen LogP) is 2.57. The van der Waals surface area contributed by atoms with Crippen molar-refractivity contribution in [1.29, 1.82) is 0 Å². The van der Waals surface area contributed by atoms with Crippen LogP contribution in [0.1, 0.15) is 33.1 Å². The van der Waals surface area contributed by atoms with Crippen molar-refractivity contribution in [3.63, 3.8) is 0 Å². The molecular formula is C15H25N3O2S. The Morgan fingerprint density at radius 1 is 1.33 bits per heavy atom. The molecule has 0 radical (unpaired) electrons. The van der Waals surface area contributed by atoms with Crippen molar-refractivity contribution < 1.29 is 8.42 Å². The normalized spacial score (nSPS) is 21.2. The van der Waals surface area contributed by atoms with E-state index in [9.17, 15) is 8.42 Å². The second-order valence-electron chi connectivity index (χ2n) is 5.95. The highest BCUT2D eigenvalue weighted by Gasteiger charge is 2.30. The lowest BCUT2D eigenvalue weighted by molar-refractivity contribution is 0.340. The molecule has 5 nitrogen and oxygen atoms in total. The summed E-state index contributed by atoms with van der Waals surface area (Å²) >= 11 is 0. The van der Waals surface area contributed by atoms with Gasteiger partial charge in [0, 0.05) is 26.3 Å². The molecule has 1 aliphatic heterocycles. The average molecular weight is 311 g/mol. The number of nitrogens with zero attached hydrogens (tertiary/aromatic N) is 2. The van der Waals surface area contributed by atoms with Gasteiger partial charge in [-0.2, -0.15) is 4.31 Å². The minimum Gasteiger partial charge on any atom is -0.386 e. The molecule has 1 aromatic heterocycles. The van der Waals surface area contributed by atoms with Crippen LogP contribution in [0.3, 0.4) is 0 Å². The van der Waals surface area contributed by atoms with E-state index in [1.165, 1.54) is 6.20 Å². The van der Waals surface area contributed by atoms with Crippen LogP contribution in [-0.4, -0.2) is 37.8 Å². The minimum atomic E-state index is -3.52. The van der Waals surface area contributed by atoms with E-state index in [1.54, 1.807) is 23.5 Å². The fourth-order valence-corrected chi connectivity index (χ4v) is 4.51. The first-order chi connectivity index (χ1) is 9.96. The number of sulfonamides is 1. The maximum atomic E-state index is 12.8. The van der Waals surface area contributed by atoms with Crippen LogP contribution in [-0.2, 0) is 10.0 Å². The molecule has 1 unspecified atom stereocenters. The third kappa shape index (κ3) is 3.55. The molecule has 2 heterocycles. The number of hydrogen-bond donors (Lipinski definition) is 1. The van der Waals surface area contributed by atoms with E-state index in [1.807, 2.05) is 0 Å². The molecule has 0 amide bonds. The van der Waals surface area contributed by atoms with Gasteiger partial charge in [-0.1, -0.05) is 13.8 Å². The van der Waals surface area contributed by atoms with E-state index in [0.717, 1.165) is 19.3 Å². The highest BCUT2D eigenvalue weighted by Crippen LogP contribution is 2.28. The van der Waals surface area contributed by atoms with Gasteiger partial charge in [0.05, 0.1) is 5.69 Å². The minimum absolute atomic E-state index is 0.135. The molecule has 118 valence electrons. The number of rotatable bonds is 4. The number of hydrogen-bond acceptors (Lipinski definition) is 4. The summed E-state index contributed by atoms with van der Waals surface area (Å²) in [5, 5.41) is 3.05. The molecule has 0 bridgehead atoms. The van der Waals surface area contributed by atoms with Crippen molar-refractivity contribution in [2.45, 2.75) is 38.1 Å². The summed E-state index contributed by atoms with van der Waals surface area (Å²) in [7, 11) is -1.80. The largest absolute Gasteiger partial charge is 0.386 e. The molecule has 6 heteroatoms. The van der Waals surface area contributed by atoms with Gasteiger partial charge in [0.25, 0.3) is 10.0 Å². The molecule has 2 rings (SSSR count). The molecule has 1 aliphatic rings. The maximum Gasteiger partial charge on any atom is 0.262 e. The molecule has 0 saturated carbocycles. The van der Waals surface area contributed by atoms with Crippen LogP contribution in [0.5, 0.6) is 0 Å². The number of pyridine rings is 1. The number of aromatic nitrogens is 1. The van der Waals surface area contributed by atoms with Crippen molar-refractivity contribution >= 4 is 15.7 Å². The monoisotopic (exact) mass is 311 g/mol. The molecular weight excluding hydrogens is 286 g/mol. The van der Waals surface area contributed by atoms with E-state index in [0.29, 0.717) is 30.6 Å². The highest BCUT2D eigenvalue weighted by molar-refractivity contribution is 7.89. The lowest BCUT2D eigenvalue weighted by atomic mass is 9.89. The van der Waals surface area contributed by atoms with Crippen LogP contribution in [0.2, 0.25) is 0 Å². The van der Waals surface area contributed by atoms with Crippen LogP contribution >= 0.6 is 0 Å². The first-order valence-electron chi connectivity index (χ1n) is 7.59. The molecule has 0 aromatic carbocycles. The Morgan fingerprint density at radius 2 is 2.10 bits per heavy atom. The Bertz CT molecular complexity index is 572. The quantitative estimate of drug-likeness (QED) is 0.928. The van der Waals surface area contributed by atoms with E-state index in [2.05, 4.69) is 24.1 Å². The van der Waals surface area contributed by atoms with Crippen LogP contribution in [0, 0.1) is 11.8 Å². The second kappa shape index (κ2) is 6.75. The van der Waals surface area contributed by atoms with Crippen molar-refractivity contribution in [2.75, 3.05) is 25.5 Å². The van der Waals surface area contributed by atoms with Gasteiger partial charge in [-0.15, -0.1) is 0 Å². The number of anilines is 1. The number of nitrogens with one attached hydrogen (secondary N) is 1.